The second kappa shape index (κ2) is 4.84. The molecular weight excluding hydrogens is 262 g/mol. The van der Waals surface area contributed by atoms with E-state index >= 15 is 0 Å². The van der Waals surface area contributed by atoms with Crippen LogP contribution in [0, 0.1) is 0 Å². The van der Waals surface area contributed by atoms with E-state index in [4.69, 9.17) is 9.52 Å². The second-order valence-electron chi connectivity index (χ2n) is 4.74. The molecule has 2 aromatic heterocycles. The van der Waals surface area contributed by atoms with Crippen LogP contribution in [-0.2, 0) is 6.54 Å². The molecule has 7 nitrogen and oxygen atoms in total. The topological polar surface area (TPSA) is 108 Å². The van der Waals surface area contributed by atoms with Gasteiger partial charge in [-0.3, -0.25) is 9.89 Å². The molecule has 20 heavy (non-hydrogen) atoms. The zero-order valence-corrected chi connectivity index (χ0v) is 10.5. The van der Waals surface area contributed by atoms with E-state index in [2.05, 4.69) is 15.5 Å². The van der Waals surface area contributed by atoms with Gasteiger partial charge in [0.15, 0.2) is 0 Å². The van der Waals surface area contributed by atoms with E-state index in [1.165, 1.54) is 12.1 Å². The van der Waals surface area contributed by atoms with Crippen molar-refractivity contribution in [2.45, 2.75) is 25.3 Å². The Labute approximate surface area is 114 Å². The summed E-state index contributed by atoms with van der Waals surface area (Å²) in [5, 5.41) is 18.2. The van der Waals surface area contributed by atoms with E-state index in [9.17, 15) is 9.59 Å². The van der Waals surface area contributed by atoms with Gasteiger partial charge in [0, 0.05) is 11.6 Å². The van der Waals surface area contributed by atoms with Crippen molar-refractivity contribution in [3.8, 4) is 0 Å². The zero-order valence-electron chi connectivity index (χ0n) is 10.5. The predicted octanol–water partition coefficient (Wildman–Crippen LogP) is 1.51. The summed E-state index contributed by atoms with van der Waals surface area (Å²) in [6.45, 7) is 0.123. The number of carbonyl (C=O) groups is 2. The Morgan fingerprint density at radius 3 is 2.90 bits per heavy atom. The molecule has 0 bridgehead atoms. The molecule has 104 valence electrons. The molecule has 0 atom stereocenters. The van der Waals surface area contributed by atoms with Crippen LogP contribution in [0.4, 0.5) is 0 Å². The Balaban J connectivity index is 1.58. The molecule has 1 saturated carbocycles. The molecule has 1 fully saturated rings. The molecule has 0 aromatic carbocycles. The molecule has 0 aliphatic heterocycles. The Morgan fingerprint density at radius 2 is 2.25 bits per heavy atom. The maximum atomic E-state index is 11.9. The van der Waals surface area contributed by atoms with Crippen LogP contribution in [0.5, 0.6) is 0 Å². The van der Waals surface area contributed by atoms with Crippen molar-refractivity contribution in [2.24, 2.45) is 0 Å². The van der Waals surface area contributed by atoms with Gasteiger partial charge >= 0.3 is 5.97 Å². The number of nitrogens with zero attached hydrogens (tertiary/aromatic N) is 1. The molecule has 2 aromatic rings. The lowest BCUT2D eigenvalue weighted by atomic mass is 10.2. The standard InChI is InChI=1S/C13H13N3O4/c17-12(10-5-9(15-16-10)7-1-2-7)14-6-8-3-4-11(20-8)13(18)19/h3-5,7H,1-2,6H2,(H,14,17)(H,15,16)(H,18,19). The van der Waals surface area contributed by atoms with Crippen LogP contribution in [-0.4, -0.2) is 27.2 Å². The van der Waals surface area contributed by atoms with Gasteiger partial charge in [0.2, 0.25) is 5.76 Å². The first kappa shape index (κ1) is 12.5. The van der Waals surface area contributed by atoms with Crippen LogP contribution in [0.15, 0.2) is 22.6 Å². The number of nitrogens with one attached hydrogen (secondary N) is 2. The number of hydrogen-bond donors (Lipinski definition) is 3. The van der Waals surface area contributed by atoms with Gasteiger partial charge in [-0.05, 0) is 31.0 Å². The Bertz CT molecular complexity index is 654. The lowest BCUT2D eigenvalue weighted by molar-refractivity contribution is 0.0660. The second-order valence-corrected chi connectivity index (χ2v) is 4.74. The fourth-order valence-corrected chi connectivity index (χ4v) is 1.90. The largest absolute Gasteiger partial charge is 0.475 e. The summed E-state index contributed by atoms with van der Waals surface area (Å²) >= 11 is 0. The maximum absolute atomic E-state index is 11.9. The Kier molecular flexibility index (Phi) is 3.02. The number of H-pyrrole nitrogens is 1. The predicted molar refractivity (Wildman–Crippen MR) is 67.4 cm³/mol. The average Bonchev–Trinajstić information content (AvgIpc) is 2.98. The van der Waals surface area contributed by atoms with E-state index < -0.39 is 5.97 Å². The lowest BCUT2D eigenvalue weighted by Gasteiger charge is -1.99. The van der Waals surface area contributed by atoms with Crippen molar-refractivity contribution < 1.29 is 19.1 Å². The molecule has 1 aliphatic rings. The monoisotopic (exact) mass is 275 g/mol. The third kappa shape index (κ3) is 2.56. The molecule has 0 unspecified atom stereocenters. The summed E-state index contributed by atoms with van der Waals surface area (Å²) in [5.41, 5.74) is 1.32. The number of aromatic amines is 1. The van der Waals surface area contributed by atoms with Crippen LogP contribution in [0.2, 0.25) is 0 Å². The van der Waals surface area contributed by atoms with Gasteiger partial charge in [0.05, 0.1) is 6.54 Å². The molecule has 1 aliphatic carbocycles. The molecule has 0 radical (unpaired) electrons. The summed E-state index contributed by atoms with van der Waals surface area (Å²) < 4.78 is 5.04. The highest BCUT2D eigenvalue weighted by atomic mass is 16.4. The van der Waals surface area contributed by atoms with Gasteiger partial charge in [0.25, 0.3) is 5.91 Å². The summed E-state index contributed by atoms with van der Waals surface area (Å²) in [6, 6.07) is 4.62. The smallest absolute Gasteiger partial charge is 0.371 e. The number of rotatable bonds is 5. The normalized spacial score (nSPS) is 14.2. The molecule has 3 N–H and O–H groups in total. The highest BCUT2D eigenvalue weighted by Gasteiger charge is 2.26. The first-order valence-electron chi connectivity index (χ1n) is 6.29. The highest BCUT2D eigenvalue weighted by molar-refractivity contribution is 5.92. The number of carboxylic acid groups (broad SMARTS) is 1. The zero-order chi connectivity index (χ0) is 14.1. The number of aromatic nitrogens is 2. The number of hydrogen-bond acceptors (Lipinski definition) is 4. The molecule has 3 rings (SSSR count). The maximum Gasteiger partial charge on any atom is 0.371 e. The first-order chi connectivity index (χ1) is 9.63. The highest BCUT2D eigenvalue weighted by Crippen LogP contribution is 2.38. The fourth-order valence-electron chi connectivity index (χ4n) is 1.90. The van der Waals surface area contributed by atoms with E-state index in [1.54, 1.807) is 6.07 Å². The summed E-state index contributed by atoms with van der Waals surface area (Å²) in [5.74, 6) is -0.712. The quantitative estimate of drug-likeness (QED) is 0.766. The van der Waals surface area contributed by atoms with Crippen LogP contribution in [0.3, 0.4) is 0 Å². The Morgan fingerprint density at radius 1 is 1.45 bits per heavy atom. The van der Waals surface area contributed by atoms with Crippen molar-refractivity contribution >= 4 is 11.9 Å². The third-order valence-electron chi connectivity index (χ3n) is 3.14. The number of furan rings is 1. The van der Waals surface area contributed by atoms with Crippen molar-refractivity contribution in [2.75, 3.05) is 0 Å². The number of aromatic carboxylic acids is 1. The molecule has 0 spiro atoms. The molecule has 7 heteroatoms. The molecule has 1 amide bonds. The van der Waals surface area contributed by atoms with Gasteiger partial charge in [-0.25, -0.2) is 4.79 Å². The van der Waals surface area contributed by atoms with Crippen LogP contribution >= 0.6 is 0 Å². The van der Waals surface area contributed by atoms with E-state index in [-0.39, 0.29) is 18.2 Å². The van der Waals surface area contributed by atoms with Crippen molar-refractivity contribution in [1.29, 1.82) is 0 Å². The first-order valence-corrected chi connectivity index (χ1v) is 6.29. The number of carbonyl (C=O) groups excluding carboxylic acids is 1. The van der Waals surface area contributed by atoms with E-state index in [0.717, 1.165) is 18.5 Å². The van der Waals surface area contributed by atoms with E-state index in [1.807, 2.05) is 0 Å². The summed E-state index contributed by atoms with van der Waals surface area (Å²) in [7, 11) is 0. The minimum absolute atomic E-state index is 0.123. The van der Waals surface area contributed by atoms with Crippen molar-refractivity contribution in [3.05, 3.63) is 41.1 Å². The lowest BCUT2D eigenvalue weighted by Crippen LogP contribution is -2.22. The minimum atomic E-state index is -1.14. The molecular formula is C13H13N3O4. The van der Waals surface area contributed by atoms with Crippen LogP contribution < -0.4 is 5.32 Å². The van der Waals surface area contributed by atoms with Crippen LogP contribution in [0.1, 0.15) is 51.3 Å². The third-order valence-corrected chi connectivity index (χ3v) is 3.14. The Hall–Kier alpha value is -2.57. The van der Waals surface area contributed by atoms with Gasteiger partial charge in [0.1, 0.15) is 11.5 Å². The number of carboxylic acids is 1. The van der Waals surface area contributed by atoms with Gasteiger partial charge < -0.3 is 14.8 Å². The fraction of sp³-hybridized carbons (Fsp3) is 0.308. The summed E-state index contributed by atoms with van der Waals surface area (Å²) in [4.78, 5) is 22.5. The average molecular weight is 275 g/mol. The number of amides is 1. The molecule has 2 heterocycles. The summed E-state index contributed by atoms with van der Waals surface area (Å²) in [6.07, 6.45) is 2.27. The van der Waals surface area contributed by atoms with Gasteiger partial charge in [-0.2, -0.15) is 5.10 Å². The van der Waals surface area contributed by atoms with Crippen molar-refractivity contribution in [3.63, 3.8) is 0 Å². The van der Waals surface area contributed by atoms with E-state index in [0.29, 0.717) is 17.4 Å². The van der Waals surface area contributed by atoms with Gasteiger partial charge in [-0.1, -0.05) is 0 Å². The van der Waals surface area contributed by atoms with Crippen molar-refractivity contribution in [1.82, 2.24) is 15.5 Å². The SMILES string of the molecule is O=C(NCc1ccc(C(=O)O)o1)c1cc(C2CC2)[nH]n1. The molecule has 0 saturated heterocycles. The van der Waals surface area contributed by atoms with Crippen LogP contribution in [0.25, 0.3) is 0 Å². The van der Waals surface area contributed by atoms with Gasteiger partial charge in [-0.15, -0.1) is 0 Å². The minimum Gasteiger partial charge on any atom is -0.475 e.